The van der Waals surface area contributed by atoms with Crippen LogP contribution >= 0.6 is 0 Å². The van der Waals surface area contributed by atoms with E-state index in [1.807, 2.05) is 30.3 Å². The van der Waals surface area contributed by atoms with Crippen LogP contribution in [0.15, 0.2) is 54.6 Å². The number of morpholine rings is 1. The van der Waals surface area contributed by atoms with E-state index in [9.17, 15) is 18.4 Å². The van der Waals surface area contributed by atoms with Crippen molar-refractivity contribution >= 4 is 11.9 Å². The number of piperidine rings is 1. The largest absolute Gasteiger partial charge is 0.445 e. The highest BCUT2D eigenvalue weighted by molar-refractivity contribution is 5.98. The number of carbonyl (C=O) groups is 2. The molecule has 2 bridgehead atoms. The first-order chi connectivity index (χ1) is 14.5. The Balaban J connectivity index is 1.41. The van der Waals surface area contributed by atoms with Crippen LogP contribution in [0.4, 0.5) is 13.6 Å². The zero-order valence-electron chi connectivity index (χ0n) is 16.4. The second-order valence-corrected chi connectivity index (χ2v) is 7.75. The van der Waals surface area contributed by atoms with Crippen LogP contribution in [0.2, 0.25) is 0 Å². The van der Waals surface area contributed by atoms with Gasteiger partial charge < -0.3 is 9.47 Å². The summed E-state index contributed by atoms with van der Waals surface area (Å²) in [5.74, 6) is -0.357. The molecule has 2 aliphatic heterocycles. The second kappa shape index (κ2) is 8.92. The predicted molar refractivity (Wildman–Crippen MR) is 105 cm³/mol. The van der Waals surface area contributed by atoms with Crippen LogP contribution in [0.5, 0.6) is 0 Å². The van der Waals surface area contributed by atoms with Crippen molar-refractivity contribution in [1.29, 1.82) is 0 Å². The number of fused-ring (bicyclic) bond motifs is 2. The van der Waals surface area contributed by atoms with Crippen LogP contribution in [-0.2, 0) is 16.1 Å². The molecule has 2 aliphatic rings. The molecule has 2 fully saturated rings. The molecule has 7 heteroatoms. The SMILES string of the molecule is O=C(c1ccc(C(F)F)cc1)C1CC2COCC(C1)N2C(=O)OCc1ccccc1. The van der Waals surface area contributed by atoms with E-state index in [1.165, 1.54) is 24.3 Å². The van der Waals surface area contributed by atoms with Crippen LogP contribution in [0, 0.1) is 5.92 Å². The van der Waals surface area contributed by atoms with E-state index in [0.717, 1.165) is 5.56 Å². The minimum Gasteiger partial charge on any atom is -0.445 e. The summed E-state index contributed by atoms with van der Waals surface area (Å²) in [6.45, 7) is 0.894. The fourth-order valence-electron chi connectivity index (χ4n) is 4.25. The third-order valence-corrected chi connectivity index (χ3v) is 5.75. The summed E-state index contributed by atoms with van der Waals surface area (Å²) in [5, 5.41) is 0. The van der Waals surface area contributed by atoms with E-state index in [-0.39, 0.29) is 36.0 Å². The van der Waals surface area contributed by atoms with Gasteiger partial charge in [0.15, 0.2) is 5.78 Å². The first-order valence-corrected chi connectivity index (χ1v) is 10.0. The molecule has 2 aromatic carbocycles. The van der Waals surface area contributed by atoms with Gasteiger partial charge >= 0.3 is 6.09 Å². The van der Waals surface area contributed by atoms with Crippen molar-refractivity contribution in [2.75, 3.05) is 13.2 Å². The Morgan fingerprint density at radius 2 is 1.63 bits per heavy atom. The Hall–Kier alpha value is -2.80. The van der Waals surface area contributed by atoms with E-state index in [2.05, 4.69) is 0 Å². The second-order valence-electron chi connectivity index (χ2n) is 7.75. The van der Waals surface area contributed by atoms with Gasteiger partial charge in [0.05, 0.1) is 25.3 Å². The van der Waals surface area contributed by atoms with Crippen LogP contribution < -0.4 is 0 Å². The molecule has 0 spiro atoms. The minimum atomic E-state index is -2.56. The molecular weight excluding hydrogens is 392 g/mol. The summed E-state index contributed by atoms with van der Waals surface area (Å²) in [4.78, 5) is 27.4. The number of Topliss-reactive ketones (excluding diaryl/α,β-unsaturated/α-hetero) is 1. The molecule has 2 aromatic rings. The number of hydrogen-bond donors (Lipinski definition) is 0. The van der Waals surface area contributed by atoms with Crippen molar-refractivity contribution in [2.45, 2.75) is 38.0 Å². The summed E-state index contributed by atoms with van der Waals surface area (Å²) < 4.78 is 36.6. The van der Waals surface area contributed by atoms with Gasteiger partial charge in [0.2, 0.25) is 0 Å². The molecule has 0 aliphatic carbocycles. The topological polar surface area (TPSA) is 55.8 Å². The average Bonchev–Trinajstić information content (AvgIpc) is 2.77. The molecule has 2 atom stereocenters. The van der Waals surface area contributed by atoms with E-state index in [0.29, 0.717) is 31.6 Å². The fourth-order valence-corrected chi connectivity index (χ4v) is 4.25. The van der Waals surface area contributed by atoms with Gasteiger partial charge in [-0.2, -0.15) is 0 Å². The molecule has 5 nitrogen and oxygen atoms in total. The van der Waals surface area contributed by atoms with Crippen molar-refractivity contribution in [2.24, 2.45) is 5.92 Å². The van der Waals surface area contributed by atoms with Gasteiger partial charge in [-0.05, 0) is 18.4 Å². The number of nitrogens with zero attached hydrogens (tertiary/aromatic N) is 1. The molecule has 2 heterocycles. The van der Waals surface area contributed by atoms with Gasteiger partial charge in [0.1, 0.15) is 6.61 Å². The number of hydrogen-bond acceptors (Lipinski definition) is 4. The van der Waals surface area contributed by atoms with Crippen molar-refractivity contribution in [1.82, 2.24) is 4.90 Å². The standard InChI is InChI=1S/C23H23F2NO4/c24-22(25)17-8-6-16(7-9-17)21(27)18-10-19-13-29-14-20(11-18)26(19)23(28)30-12-15-4-2-1-3-5-15/h1-9,18-20,22H,10-14H2. The average molecular weight is 415 g/mol. The number of halogens is 2. The molecule has 0 saturated carbocycles. The number of alkyl halides is 2. The molecular formula is C23H23F2NO4. The Kier molecular flexibility index (Phi) is 6.08. The van der Waals surface area contributed by atoms with Crippen molar-refractivity contribution < 1.29 is 27.8 Å². The number of benzene rings is 2. The molecule has 0 N–H and O–H groups in total. The third-order valence-electron chi connectivity index (χ3n) is 5.75. The molecule has 2 saturated heterocycles. The lowest BCUT2D eigenvalue weighted by Gasteiger charge is -2.47. The summed E-state index contributed by atoms with van der Waals surface area (Å²) >= 11 is 0. The number of amides is 1. The molecule has 0 radical (unpaired) electrons. The van der Waals surface area contributed by atoms with Crippen molar-refractivity contribution in [3.63, 3.8) is 0 Å². The lowest BCUT2D eigenvalue weighted by atomic mass is 9.81. The highest BCUT2D eigenvalue weighted by Gasteiger charge is 2.44. The Morgan fingerprint density at radius 3 is 2.23 bits per heavy atom. The molecule has 1 amide bonds. The Labute approximate surface area is 173 Å². The number of ether oxygens (including phenoxy) is 2. The molecule has 2 unspecified atom stereocenters. The van der Waals surface area contributed by atoms with Crippen molar-refractivity contribution in [3.05, 3.63) is 71.3 Å². The smallest absolute Gasteiger partial charge is 0.410 e. The maximum Gasteiger partial charge on any atom is 0.410 e. The minimum absolute atomic E-state index is 0.0787. The molecule has 30 heavy (non-hydrogen) atoms. The molecule has 0 aromatic heterocycles. The van der Waals surface area contributed by atoms with Gasteiger partial charge in [0, 0.05) is 17.0 Å². The Morgan fingerprint density at radius 1 is 1.00 bits per heavy atom. The lowest BCUT2D eigenvalue weighted by molar-refractivity contribution is -0.0755. The molecule has 4 rings (SSSR count). The summed E-state index contributed by atoms with van der Waals surface area (Å²) in [6, 6.07) is 14.5. The van der Waals surface area contributed by atoms with E-state index >= 15 is 0 Å². The van der Waals surface area contributed by atoms with Crippen LogP contribution in [-0.4, -0.2) is 42.1 Å². The Bertz CT molecular complexity index is 874. The highest BCUT2D eigenvalue weighted by atomic mass is 19.3. The van der Waals surface area contributed by atoms with Crippen LogP contribution in [0.3, 0.4) is 0 Å². The normalized spacial score (nSPS) is 23.3. The first-order valence-electron chi connectivity index (χ1n) is 10.0. The number of ketones is 1. The van der Waals surface area contributed by atoms with Crippen molar-refractivity contribution in [3.8, 4) is 0 Å². The predicted octanol–water partition coefficient (Wildman–Crippen LogP) is 4.62. The van der Waals surface area contributed by atoms with Gasteiger partial charge in [0.25, 0.3) is 6.43 Å². The quantitative estimate of drug-likeness (QED) is 0.669. The van der Waals surface area contributed by atoms with Crippen LogP contribution in [0.25, 0.3) is 0 Å². The maximum atomic E-state index is 12.9. The third kappa shape index (κ3) is 4.36. The van der Waals surface area contributed by atoms with Crippen LogP contribution in [0.1, 0.15) is 40.8 Å². The summed E-state index contributed by atoms with van der Waals surface area (Å²) in [7, 11) is 0. The van der Waals surface area contributed by atoms with Gasteiger partial charge in [-0.1, -0.05) is 54.6 Å². The zero-order chi connectivity index (χ0) is 21.1. The van der Waals surface area contributed by atoms with E-state index < -0.39 is 12.5 Å². The summed E-state index contributed by atoms with van der Waals surface area (Å²) in [6.07, 6.45) is -2.03. The summed E-state index contributed by atoms with van der Waals surface area (Å²) in [5.41, 5.74) is 1.22. The fraction of sp³-hybridized carbons (Fsp3) is 0.391. The maximum absolute atomic E-state index is 12.9. The number of carbonyl (C=O) groups excluding carboxylic acids is 2. The van der Waals surface area contributed by atoms with E-state index in [1.54, 1.807) is 4.90 Å². The molecule has 158 valence electrons. The van der Waals surface area contributed by atoms with E-state index in [4.69, 9.17) is 9.47 Å². The highest BCUT2D eigenvalue weighted by Crippen LogP contribution is 2.34. The zero-order valence-corrected chi connectivity index (χ0v) is 16.4. The first kappa shape index (κ1) is 20.5. The van der Waals surface area contributed by atoms with Gasteiger partial charge in [-0.3, -0.25) is 9.69 Å². The van der Waals surface area contributed by atoms with Gasteiger partial charge in [-0.25, -0.2) is 13.6 Å². The monoisotopic (exact) mass is 415 g/mol. The lowest BCUT2D eigenvalue weighted by Crippen LogP contribution is -2.59. The number of rotatable bonds is 5. The van der Waals surface area contributed by atoms with Gasteiger partial charge in [-0.15, -0.1) is 0 Å².